The number of hydrogen-bond donors (Lipinski definition) is 1. The fourth-order valence-corrected chi connectivity index (χ4v) is 1.44. The molecule has 0 aliphatic heterocycles. The lowest BCUT2D eigenvalue weighted by Crippen LogP contribution is -2.07. The molecule has 5 nitrogen and oxygen atoms in total. The third kappa shape index (κ3) is 2.03. The van der Waals surface area contributed by atoms with Crippen LogP contribution in [0.15, 0.2) is 18.6 Å². The summed E-state index contributed by atoms with van der Waals surface area (Å²) in [6.45, 7) is 6.80. The third-order valence-corrected chi connectivity index (χ3v) is 2.21. The van der Waals surface area contributed by atoms with Crippen molar-refractivity contribution in [3.8, 4) is 5.82 Å². The van der Waals surface area contributed by atoms with Gasteiger partial charge in [0.15, 0.2) is 5.82 Å². The molecule has 0 aliphatic rings. The standard InChI is InChI=1S/C11H15N5/c1-4-12-11-13-6-9(3)10(15-11)16-7-8(2)5-14-16/h5-7H,4H2,1-3H3,(H,12,13,15). The molecule has 2 aromatic rings. The molecule has 0 amide bonds. The van der Waals surface area contributed by atoms with E-state index < -0.39 is 0 Å². The zero-order chi connectivity index (χ0) is 11.5. The number of aryl methyl sites for hydroxylation is 2. The second-order valence-corrected chi connectivity index (χ2v) is 3.69. The van der Waals surface area contributed by atoms with Crippen LogP contribution in [-0.2, 0) is 0 Å². The summed E-state index contributed by atoms with van der Waals surface area (Å²) >= 11 is 0. The van der Waals surface area contributed by atoms with Gasteiger partial charge < -0.3 is 5.32 Å². The largest absolute Gasteiger partial charge is 0.354 e. The predicted molar refractivity (Wildman–Crippen MR) is 62.8 cm³/mol. The van der Waals surface area contributed by atoms with Crippen molar-refractivity contribution in [3.63, 3.8) is 0 Å². The van der Waals surface area contributed by atoms with Gasteiger partial charge in [0.05, 0.1) is 6.20 Å². The molecular weight excluding hydrogens is 202 g/mol. The van der Waals surface area contributed by atoms with E-state index in [0.29, 0.717) is 5.95 Å². The van der Waals surface area contributed by atoms with E-state index in [0.717, 1.165) is 23.5 Å². The fourth-order valence-electron chi connectivity index (χ4n) is 1.44. The Morgan fingerprint density at radius 1 is 1.31 bits per heavy atom. The number of nitrogens with one attached hydrogen (secondary N) is 1. The molecule has 2 heterocycles. The van der Waals surface area contributed by atoms with Crippen LogP contribution in [0.4, 0.5) is 5.95 Å². The monoisotopic (exact) mass is 217 g/mol. The number of hydrogen-bond acceptors (Lipinski definition) is 4. The van der Waals surface area contributed by atoms with E-state index in [-0.39, 0.29) is 0 Å². The first-order valence-corrected chi connectivity index (χ1v) is 5.30. The van der Waals surface area contributed by atoms with Crippen molar-refractivity contribution >= 4 is 5.95 Å². The lowest BCUT2D eigenvalue weighted by molar-refractivity contribution is 0.829. The van der Waals surface area contributed by atoms with Gasteiger partial charge >= 0.3 is 0 Å². The van der Waals surface area contributed by atoms with Crippen LogP contribution in [0.5, 0.6) is 0 Å². The highest BCUT2D eigenvalue weighted by molar-refractivity contribution is 5.37. The van der Waals surface area contributed by atoms with E-state index >= 15 is 0 Å². The van der Waals surface area contributed by atoms with Gasteiger partial charge in [0.1, 0.15) is 0 Å². The number of nitrogens with zero attached hydrogens (tertiary/aromatic N) is 4. The molecule has 0 spiro atoms. The van der Waals surface area contributed by atoms with Crippen molar-refractivity contribution in [1.29, 1.82) is 0 Å². The molecule has 0 unspecified atom stereocenters. The fraction of sp³-hybridized carbons (Fsp3) is 0.364. The van der Waals surface area contributed by atoms with E-state index in [2.05, 4.69) is 20.4 Å². The summed E-state index contributed by atoms with van der Waals surface area (Å²) in [4.78, 5) is 8.62. The van der Waals surface area contributed by atoms with Gasteiger partial charge in [-0.1, -0.05) is 0 Å². The van der Waals surface area contributed by atoms with E-state index in [9.17, 15) is 0 Å². The van der Waals surface area contributed by atoms with Crippen molar-refractivity contribution < 1.29 is 0 Å². The molecule has 1 N–H and O–H groups in total. The first-order chi connectivity index (χ1) is 7.70. The molecule has 0 aliphatic carbocycles. The molecule has 0 saturated carbocycles. The van der Waals surface area contributed by atoms with E-state index in [4.69, 9.17) is 0 Å². The molecule has 0 fully saturated rings. The summed E-state index contributed by atoms with van der Waals surface area (Å²) in [5.41, 5.74) is 2.12. The highest BCUT2D eigenvalue weighted by Gasteiger charge is 2.06. The maximum Gasteiger partial charge on any atom is 0.224 e. The van der Waals surface area contributed by atoms with Gasteiger partial charge in [-0.25, -0.2) is 9.67 Å². The quantitative estimate of drug-likeness (QED) is 0.850. The summed E-state index contributed by atoms with van der Waals surface area (Å²) in [6, 6.07) is 0. The van der Waals surface area contributed by atoms with Gasteiger partial charge in [0, 0.05) is 24.5 Å². The molecule has 5 heteroatoms. The maximum absolute atomic E-state index is 4.42. The Kier molecular flexibility index (Phi) is 2.85. The first-order valence-electron chi connectivity index (χ1n) is 5.30. The van der Waals surface area contributed by atoms with Gasteiger partial charge in [-0.15, -0.1) is 0 Å². The highest BCUT2D eigenvalue weighted by Crippen LogP contribution is 2.12. The van der Waals surface area contributed by atoms with Crippen LogP contribution in [-0.4, -0.2) is 26.3 Å². The lowest BCUT2D eigenvalue weighted by atomic mass is 10.3. The topological polar surface area (TPSA) is 55.6 Å². The zero-order valence-corrected chi connectivity index (χ0v) is 9.73. The Morgan fingerprint density at radius 2 is 2.12 bits per heavy atom. The van der Waals surface area contributed by atoms with Crippen LogP contribution < -0.4 is 5.32 Å². The molecule has 84 valence electrons. The van der Waals surface area contributed by atoms with Crippen molar-refractivity contribution in [3.05, 3.63) is 29.7 Å². The van der Waals surface area contributed by atoms with Gasteiger partial charge in [0.25, 0.3) is 0 Å². The summed E-state index contributed by atoms with van der Waals surface area (Å²) in [5, 5.41) is 7.34. The van der Waals surface area contributed by atoms with Crippen LogP contribution in [0.25, 0.3) is 5.82 Å². The molecule has 0 aromatic carbocycles. The van der Waals surface area contributed by atoms with E-state index in [1.54, 1.807) is 10.9 Å². The average molecular weight is 217 g/mol. The minimum Gasteiger partial charge on any atom is -0.354 e. The van der Waals surface area contributed by atoms with Gasteiger partial charge in [-0.2, -0.15) is 10.1 Å². The third-order valence-electron chi connectivity index (χ3n) is 2.21. The van der Waals surface area contributed by atoms with Crippen molar-refractivity contribution in [2.24, 2.45) is 0 Å². The average Bonchev–Trinajstić information content (AvgIpc) is 2.68. The van der Waals surface area contributed by atoms with Crippen molar-refractivity contribution in [2.75, 3.05) is 11.9 Å². The van der Waals surface area contributed by atoms with Gasteiger partial charge in [-0.3, -0.25) is 0 Å². The molecule has 16 heavy (non-hydrogen) atoms. The number of aromatic nitrogens is 4. The minimum absolute atomic E-state index is 0.635. The highest BCUT2D eigenvalue weighted by atomic mass is 15.3. The van der Waals surface area contributed by atoms with Crippen molar-refractivity contribution in [1.82, 2.24) is 19.7 Å². The second-order valence-electron chi connectivity index (χ2n) is 3.69. The summed E-state index contributed by atoms with van der Waals surface area (Å²) in [5.74, 6) is 1.45. The van der Waals surface area contributed by atoms with Crippen LogP contribution in [0.2, 0.25) is 0 Å². The Bertz CT molecular complexity index is 489. The SMILES string of the molecule is CCNc1ncc(C)c(-n2cc(C)cn2)n1. The molecule has 2 aromatic heterocycles. The predicted octanol–water partition coefficient (Wildman–Crippen LogP) is 1.71. The second kappa shape index (κ2) is 4.30. The number of rotatable bonds is 3. The van der Waals surface area contributed by atoms with Crippen LogP contribution in [0, 0.1) is 13.8 Å². The normalized spacial score (nSPS) is 10.4. The van der Waals surface area contributed by atoms with Crippen LogP contribution in [0.3, 0.4) is 0 Å². The molecule has 0 atom stereocenters. The summed E-state index contributed by atoms with van der Waals surface area (Å²) in [6.07, 6.45) is 5.57. The maximum atomic E-state index is 4.42. The molecule has 0 radical (unpaired) electrons. The lowest BCUT2D eigenvalue weighted by Gasteiger charge is -2.07. The Morgan fingerprint density at radius 3 is 2.75 bits per heavy atom. The molecular formula is C11H15N5. The first kappa shape index (κ1) is 10.6. The Balaban J connectivity index is 2.42. The van der Waals surface area contributed by atoms with Crippen LogP contribution in [0.1, 0.15) is 18.1 Å². The zero-order valence-electron chi connectivity index (χ0n) is 9.73. The van der Waals surface area contributed by atoms with E-state index in [1.807, 2.05) is 33.2 Å². The van der Waals surface area contributed by atoms with Gasteiger partial charge in [0.2, 0.25) is 5.95 Å². The van der Waals surface area contributed by atoms with Gasteiger partial charge in [-0.05, 0) is 26.3 Å². The van der Waals surface area contributed by atoms with E-state index in [1.165, 1.54) is 0 Å². The number of anilines is 1. The Hall–Kier alpha value is -1.91. The minimum atomic E-state index is 0.635. The smallest absolute Gasteiger partial charge is 0.224 e. The Labute approximate surface area is 94.5 Å². The molecule has 0 bridgehead atoms. The van der Waals surface area contributed by atoms with Crippen LogP contribution >= 0.6 is 0 Å². The molecule has 0 saturated heterocycles. The summed E-state index contributed by atoms with van der Waals surface area (Å²) in [7, 11) is 0. The summed E-state index contributed by atoms with van der Waals surface area (Å²) < 4.78 is 1.77. The van der Waals surface area contributed by atoms with Crippen molar-refractivity contribution in [2.45, 2.75) is 20.8 Å². The molecule has 2 rings (SSSR count).